The van der Waals surface area contributed by atoms with Crippen LogP contribution in [-0.4, -0.2) is 35.5 Å². The highest BCUT2D eigenvalue weighted by molar-refractivity contribution is 5.77. The summed E-state index contributed by atoms with van der Waals surface area (Å²) < 4.78 is 0. The predicted molar refractivity (Wildman–Crippen MR) is 60.6 cm³/mol. The van der Waals surface area contributed by atoms with Gasteiger partial charge in [-0.1, -0.05) is 0 Å². The third-order valence-electron chi connectivity index (χ3n) is 3.78. The lowest BCUT2D eigenvalue weighted by Crippen LogP contribution is -2.57. The maximum absolute atomic E-state index is 11.8. The molecule has 0 saturated carbocycles. The second-order valence-electron chi connectivity index (χ2n) is 5.05. The fourth-order valence-electron chi connectivity index (χ4n) is 2.92. The fourth-order valence-corrected chi connectivity index (χ4v) is 2.92. The Morgan fingerprint density at radius 1 is 1.27 bits per heavy atom. The smallest absolute Gasteiger partial charge is 0.222 e. The van der Waals surface area contributed by atoms with Crippen LogP contribution in [0.5, 0.6) is 0 Å². The molecule has 2 aliphatic rings. The maximum atomic E-state index is 11.8. The largest absolute Gasteiger partial charge is 0.338 e. The van der Waals surface area contributed by atoms with Gasteiger partial charge in [-0.05, 0) is 39.5 Å². The molecule has 3 unspecified atom stereocenters. The zero-order valence-corrected chi connectivity index (χ0v) is 9.83. The Bertz CT molecular complexity index is 242. The van der Waals surface area contributed by atoms with Crippen LogP contribution in [0.1, 0.15) is 46.0 Å². The van der Waals surface area contributed by atoms with E-state index in [1.165, 1.54) is 19.3 Å². The van der Waals surface area contributed by atoms with Crippen LogP contribution in [0.15, 0.2) is 0 Å². The van der Waals surface area contributed by atoms with Crippen LogP contribution in [0.4, 0.5) is 0 Å². The molecule has 0 bridgehead atoms. The van der Waals surface area contributed by atoms with Gasteiger partial charge in [-0.15, -0.1) is 0 Å². The fraction of sp³-hybridized carbons (Fsp3) is 0.917. The SMILES string of the molecule is CC1CCC(N2CCCCC2=O)C(C)N1. The van der Waals surface area contributed by atoms with E-state index in [0.29, 0.717) is 24.0 Å². The lowest BCUT2D eigenvalue weighted by atomic mass is 9.92. The number of hydrogen-bond donors (Lipinski definition) is 1. The molecule has 2 rings (SSSR count). The first-order valence-electron chi connectivity index (χ1n) is 6.24. The maximum Gasteiger partial charge on any atom is 0.222 e. The van der Waals surface area contributed by atoms with E-state index in [9.17, 15) is 4.79 Å². The zero-order valence-electron chi connectivity index (χ0n) is 9.83. The molecule has 0 spiro atoms. The van der Waals surface area contributed by atoms with Crippen molar-refractivity contribution in [1.29, 1.82) is 0 Å². The number of nitrogens with zero attached hydrogens (tertiary/aromatic N) is 1. The van der Waals surface area contributed by atoms with Crippen LogP contribution in [0.2, 0.25) is 0 Å². The number of carbonyl (C=O) groups excluding carboxylic acids is 1. The second-order valence-corrected chi connectivity index (χ2v) is 5.05. The van der Waals surface area contributed by atoms with Crippen molar-refractivity contribution in [2.75, 3.05) is 6.54 Å². The molecule has 0 radical (unpaired) electrons. The summed E-state index contributed by atoms with van der Waals surface area (Å²) in [6.45, 7) is 5.41. The molecule has 86 valence electrons. The molecular formula is C12H22N2O. The highest BCUT2D eigenvalue weighted by atomic mass is 16.2. The molecule has 0 aromatic rings. The van der Waals surface area contributed by atoms with E-state index in [1.807, 2.05) is 0 Å². The molecule has 2 saturated heterocycles. The van der Waals surface area contributed by atoms with Gasteiger partial charge in [-0.2, -0.15) is 0 Å². The van der Waals surface area contributed by atoms with Crippen LogP contribution in [-0.2, 0) is 4.79 Å². The van der Waals surface area contributed by atoms with Crippen molar-refractivity contribution >= 4 is 5.91 Å². The van der Waals surface area contributed by atoms with E-state index in [1.54, 1.807) is 0 Å². The second kappa shape index (κ2) is 4.52. The first-order valence-corrected chi connectivity index (χ1v) is 6.24. The third kappa shape index (κ3) is 2.33. The molecule has 15 heavy (non-hydrogen) atoms. The topological polar surface area (TPSA) is 32.3 Å². The van der Waals surface area contributed by atoms with Gasteiger partial charge in [-0.3, -0.25) is 4.79 Å². The van der Waals surface area contributed by atoms with Crippen molar-refractivity contribution in [2.24, 2.45) is 0 Å². The lowest BCUT2D eigenvalue weighted by Gasteiger charge is -2.42. The summed E-state index contributed by atoms with van der Waals surface area (Å²) in [5.74, 6) is 0.370. The number of carbonyl (C=O) groups is 1. The number of nitrogens with one attached hydrogen (secondary N) is 1. The van der Waals surface area contributed by atoms with E-state index in [2.05, 4.69) is 24.1 Å². The summed E-state index contributed by atoms with van der Waals surface area (Å²) in [6, 6.07) is 1.50. The van der Waals surface area contributed by atoms with E-state index >= 15 is 0 Å². The summed E-state index contributed by atoms with van der Waals surface area (Å²) >= 11 is 0. The first kappa shape index (κ1) is 10.9. The summed E-state index contributed by atoms with van der Waals surface area (Å²) in [5, 5.41) is 3.55. The van der Waals surface area contributed by atoms with Crippen LogP contribution in [0.25, 0.3) is 0 Å². The molecule has 1 N–H and O–H groups in total. The molecular weight excluding hydrogens is 188 g/mol. The van der Waals surface area contributed by atoms with Crippen molar-refractivity contribution in [3.63, 3.8) is 0 Å². The number of piperidine rings is 2. The van der Waals surface area contributed by atoms with E-state index in [4.69, 9.17) is 0 Å². The lowest BCUT2D eigenvalue weighted by molar-refractivity contribution is -0.137. The van der Waals surface area contributed by atoms with Crippen LogP contribution in [0, 0.1) is 0 Å². The molecule has 0 aromatic carbocycles. The Kier molecular flexibility index (Phi) is 3.29. The molecule has 2 aliphatic heterocycles. The normalized spacial score (nSPS) is 38.1. The monoisotopic (exact) mass is 210 g/mol. The standard InChI is InChI=1S/C12H22N2O/c1-9-6-7-11(10(2)13-9)14-8-4-3-5-12(14)15/h9-11,13H,3-8H2,1-2H3. The van der Waals surface area contributed by atoms with Gasteiger partial charge in [0.05, 0.1) is 0 Å². The molecule has 0 aromatic heterocycles. The molecule has 2 fully saturated rings. The van der Waals surface area contributed by atoms with Crippen LogP contribution in [0.3, 0.4) is 0 Å². The predicted octanol–water partition coefficient (Wildman–Crippen LogP) is 1.53. The quantitative estimate of drug-likeness (QED) is 0.712. The summed E-state index contributed by atoms with van der Waals surface area (Å²) in [6.07, 6.45) is 5.39. The minimum absolute atomic E-state index is 0.370. The van der Waals surface area contributed by atoms with Crippen LogP contribution >= 0.6 is 0 Å². The van der Waals surface area contributed by atoms with Crippen molar-refractivity contribution in [1.82, 2.24) is 10.2 Å². The molecule has 3 heteroatoms. The number of rotatable bonds is 1. The number of likely N-dealkylation sites (tertiary alicyclic amines) is 1. The number of hydrogen-bond acceptors (Lipinski definition) is 2. The summed E-state index contributed by atoms with van der Waals surface area (Å²) in [5.41, 5.74) is 0. The minimum atomic E-state index is 0.370. The molecule has 1 amide bonds. The van der Waals surface area contributed by atoms with E-state index in [0.717, 1.165) is 19.4 Å². The van der Waals surface area contributed by atoms with Crippen LogP contribution < -0.4 is 5.32 Å². The van der Waals surface area contributed by atoms with Gasteiger partial charge in [0.1, 0.15) is 0 Å². The van der Waals surface area contributed by atoms with Gasteiger partial charge in [-0.25, -0.2) is 0 Å². The van der Waals surface area contributed by atoms with Gasteiger partial charge < -0.3 is 10.2 Å². The van der Waals surface area contributed by atoms with Gasteiger partial charge in [0.25, 0.3) is 0 Å². The van der Waals surface area contributed by atoms with Gasteiger partial charge in [0.2, 0.25) is 5.91 Å². The van der Waals surface area contributed by atoms with Gasteiger partial charge >= 0.3 is 0 Å². The molecule has 2 heterocycles. The Hall–Kier alpha value is -0.570. The zero-order chi connectivity index (χ0) is 10.8. The van der Waals surface area contributed by atoms with Crippen molar-refractivity contribution in [2.45, 2.75) is 64.1 Å². The summed E-state index contributed by atoms with van der Waals surface area (Å²) in [4.78, 5) is 13.9. The molecule has 3 atom stereocenters. The minimum Gasteiger partial charge on any atom is -0.338 e. The average molecular weight is 210 g/mol. The Balaban J connectivity index is 1.99. The van der Waals surface area contributed by atoms with E-state index < -0.39 is 0 Å². The van der Waals surface area contributed by atoms with Gasteiger partial charge in [0, 0.05) is 31.1 Å². The Labute approximate surface area is 92.2 Å². The summed E-state index contributed by atoms with van der Waals surface area (Å²) in [7, 11) is 0. The molecule has 0 aliphatic carbocycles. The Morgan fingerprint density at radius 3 is 2.73 bits per heavy atom. The average Bonchev–Trinajstić information content (AvgIpc) is 2.20. The highest BCUT2D eigenvalue weighted by Gasteiger charge is 2.33. The van der Waals surface area contributed by atoms with E-state index in [-0.39, 0.29) is 0 Å². The van der Waals surface area contributed by atoms with Gasteiger partial charge in [0.15, 0.2) is 0 Å². The first-order chi connectivity index (χ1) is 7.18. The van der Waals surface area contributed by atoms with Crippen molar-refractivity contribution in [3.8, 4) is 0 Å². The van der Waals surface area contributed by atoms with Crippen molar-refractivity contribution < 1.29 is 4.79 Å². The van der Waals surface area contributed by atoms with Crippen molar-refractivity contribution in [3.05, 3.63) is 0 Å². The number of amides is 1. The highest BCUT2D eigenvalue weighted by Crippen LogP contribution is 2.23. The molecule has 3 nitrogen and oxygen atoms in total. The Morgan fingerprint density at radius 2 is 2.07 bits per heavy atom. The third-order valence-corrected chi connectivity index (χ3v) is 3.78.